The number of anilines is 1. The summed E-state index contributed by atoms with van der Waals surface area (Å²) in [5.74, 6) is -0.260. The Balaban J connectivity index is 1.51. The summed E-state index contributed by atoms with van der Waals surface area (Å²) < 4.78 is 6.14. The molecule has 1 saturated carbocycles. The Labute approximate surface area is 224 Å². The lowest BCUT2D eigenvalue weighted by molar-refractivity contribution is -0.111. The van der Waals surface area contributed by atoms with Crippen molar-refractivity contribution in [1.82, 2.24) is 9.80 Å². The molecule has 1 heterocycles. The number of phenolic OH excluding ortho intramolecular Hbond substituents is 2. The number of aromatic hydroxyl groups is 2. The fraction of sp³-hybridized carbons (Fsp3) is 0.467. The fourth-order valence-corrected chi connectivity index (χ4v) is 5.19. The van der Waals surface area contributed by atoms with E-state index in [1.165, 1.54) is 31.4 Å². The molecular weight excluding hydrogens is 482 g/mol. The van der Waals surface area contributed by atoms with Crippen molar-refractivity contribution in [2.24, 2.45) is 5.92 Å². The van der Waals surface area contributed by atoms with Gasteiger partial charge in [-0.1, -0.05) is 31.4 Å². The third kappa shape index (κ3) is 6.67. The highest BCUT2D eigenvalue weighted by atomic mass is 16.5. The van der Waals surface area contributed by atoms with Gasteiger partial charge in [-0.05, 0) is 69.5 Å². The van der Waals surface area contributed by atoms with Crippen LogP contribution in [0.25, 0.3) is 0 Å². The van der Waals surface area contributed by atoms with Gasteiger partial charge in [0.15, 0.2) is 0 Å². The molecule has 2 aliphatic rings. The highest BCUT2D eigenvalue weighted by molar-refractivity contribution is 6.01. The number of nitrogens with one attached hydrogen (secondary N) is 1. The van der Waals surface area contributed by atoms with Crippen LogP contribution in [0.2, 0.25) is 0 Å². The number of benzene rings is 2. The number of carbonyl (C=O) groups is 2. The number of amides is 2. The van der Waals surface area contributed by atoms with E-state index in [1.54, 1.807) is 17.9 Å². The number of ether oxygens (including phenoxy) is 1. The topological polar surface area (TPSA) is 102 Å². The van der Waals surface area contributed by atoms with E-state index in [9.17, 15) is 19.8 Å². The first-order chi connectivity index (χ1) is 18.2. The monoisotopic (exact) mass is 521 g/mol. The van der Waals surface area contributed by atoms with E-state index in [2.05, 4.69) is 5.32 Å². The summed E-state index contributed by atoms with van der Waals surface area (Å²) >= 11 is 0. The average Bonchev–Trinajstić information content (AvgIpc) is 2.89. The van der Waals surface area contributed by atoms with Gasteiger partial charge in [0.05, 0.1) is 6.61 Å². The summed E-state index contributed by atoms with van der Waals surface area (Å²) in [6, 6.07) is 6.97. The van der Waals surface area contributed by atoms with Gasteiger partial charge in [-0.25, -0.2) is 0 Å². The molecular formula is C30H39N3O5. The van der Waals surface area contributed by atoms with Gasteiger partial charge in [0.2, 0.25) is 5.91 Å². The number of phenols is 2. The zero-order valence-corrected chi connectivity index (χ0v) is 22.6. The first-order valence-corrected chi connectivity index (χ1v) is 13.4. The highest BCUT2D eigenvalue weighted by Crippen LogP contribution is 2.40. The minimum atomic E-state index is -0.337. The molecule has 8 nitrogen and oxygen atoms in total. The maximum Gasteiger partial charge on any atom is 0.261 e. The number of hydrogen-bond acceptors (Lipinski definition) is 6. The van der Waals surface area contributed by atoms with Crippen LogP contribution in [0, 0.1) is 12.8 Å². The summed E-state index contributed by atoms with van der Waals surface area (Å²) in [7, 11) is 3.87. The van der Waals surface area contributed by atoms with Crippen molar-refractivity contribution in [3.8, 4) is 17.2 Å². The molecule has 0 radical (unpaired) electrons. The molecule has 1 aliphatic heterocycles. The Kier molecular flexibility index (Phi) is 8.94. The fourth-order valence-electron chi connectivity index (χ4n) is 5.19. The zero-order valence-electron chi connectivity index (χ0n) is 22.6. The Morgan fingerprint density at radius 2 is 1.87 bits per heavy atom. The van der Waals surface area contributed by atoms with Crippen LogP contribution >= 0.6 is 0 Å². The third-order valence-electron chi connectivity index (χ3n) is 7.40. The van der Waals surface area contributed by atoms with Crippen molar-refractivity contribution in [1.29, 1.82) is 0 Å². The number of hydrogen-bond donors (Lipinski definition) is 3. The second kappa shape index (κ2) is 12.3. The number of likely N-dealkylation sites (N-methyl/N-ethyl adjacent to an activating group) is 1. The van der Waals surface area contributed by atoms with Gasteiger partial charge in [-0.15, -0.1) is 0 Å². The molecule has 2 aromatic rings. The Morgan fingerprint density at radius 1 is 1.11 bits per heavy atom. The van der Waals surface area contributed by atoms with Crippen molar-refractivity contribution < 1.29 is 24.5 Å². The van der Waals surface area contributed by atoms with Gasteiger partial charge in [-0.3, -0.25) is 9.59 Å². The van der Waals surface area contributed by atoms with Gasteiger partial charge in [0.25, 0.3) is 5.91 Å². The number of nitrogens with zero attached hydrogens (tertiary/aromatic N) is 2. The molecule has 38 heavy (non-hydrogen) atoms. The number of carbonyl (C=O) groups excluding carboxylic acids is 2. The molecule has 0 bridgehead atoms. The van der Waals surface area contributed by atoms with Crippen LogP contribution in [0.1, 0.15) is 59.2 Å². The van der Waals surface area contributed by atoms with Gasteiger partial charge >= 0.3 is 0 Å². The zero-order chi connectivity index (χ0) is 27.2. The van der Waals surface area contributed by atoms with E-state index in [0.29, 0.717) is 49.8 Å². The van der Waals surface area contributed by atoms with Crippen LogP contribution in [0.5, 0.6) is 17.2 Å². The van der Waals surface area contributed by atoms with Crippen LogP contribution in [-0.4, -0.2) is 65.6 Å². The molecule has 3 N–H and O–H groups in total. The van der Waals surface area contributed by atoms with Crippen molar-refractivity contribution in [2.75, 3.05) is 39.1 Å². The SMILES string of the molecule is Cc1c(O)cc(O)c(C(=O)N2CCc3ccc(NC(=O)/C=C/CN(C)C)cc3C2)c1OCC1CCCCC1. The molecule has 204 valence electrons. The quantitative estimate of drug-likeness (QED) is 0.438. The molecule has 8 heteroatoms. The van der Waals surface area contributed by atoms with E-state index in [1.807, 2.05) is 37.2 Å². The van der Waals surface area contributed by atoms with E-state index < -0.39 is 0 Å². The summed E-state index contributed by atoms with van der Waals surface area (Å²) in [4.78, 5) is 29.7. The van der Waals surface area contributed by atoms with Gasteiger partial charge < -0.3 is 30.1 Å². The summed E-state index contributed by atoms with van der Waals surface area (Å²) in [5, 5.41) is 24.0. The van der Waals surface area contributed by atoms with Crippen LogP contribution < -0.4 is 10.1 Å². The standard InChI is InChI=1S/C30H39N3O5/c1-20-25(34)17-26(35)28(29(20)38-19-21-8-5-4-6-9-21)30(37)33-15-13-22-11-12-24(16-23(22)18-33)31-27(36)10-7-14-32(2)3/h7,10-12,16-17,21,34-35H,4-6,8-9,13-15,18-19H2,1-3H3,(H,31,36)/b10-7+. The van der Waals surface area contributed by atoms with Gasteiger partial charge in [0.1, 0.15) is 22.8 Å². The van der Waals surface area contributed by atoms with Gasteiger partial charge in [-0.2, -0.15) is 0 Å². The lowest BCUT2D eigenvalue weighted by Crippen LogP contribution is -2.36. The van der Waals surface area contributed by atoms with E-state index in [4.69, 9.17) is 4.74 Å². The second-order valence-corrected chi connectivity index (χ2v) is 10.7. The minimum absolute atomic E-state index is 0.0926. The molecule has 4 rings (SSSR count). The average molecular weight is 522 g/mol. The Hall–Kier alpha value is -3.52. The molecule has 0 aromatic heterocycles. The maximum absolute atomic E-state index is 13.7. The normalized spacial score (nSPS) is 16.1. The summed E-state index contributed by atoms with van der Waals surface area (Å²) in [5.41, 5.74) is 3.27. The molecule has 1 aliphatic carbocycles. The van der Waals surface area contributed by atoms with E-state index >= 15 is 0 Å². The molecule has 2 amide bonds. The number of fused-ring (bicyclic) bond motifs is 1. The van der Waals surface area contributed by atoms with E-state index in [-0.39, 0.29) is 34.6 Å². The number of rotatable bonds is 8. The van der Waals surface area contributed by atoms with Crippen molar-refractivity contribution in [3.05, 3.63) is 58.7 Å². The first kappa shape index (κ1) is 27.5. The molecule has 0 saturated heterocycles. The third-order valence-corrected chi connectivity index (χ3v) is 7.40. The van der Waals surface area contributed by atoms with Crippen LogP contribution in [-0.2, 0) is 17.8 Å². The molecule has 1 fully saturated rings. The predicted molar refractivity (Wildman–Crippen MR) is 148 cm³/mol. The molecule has 0 atom stereocenters. The van der Waals surface area contributed by atoms with Crippen molar-refractivity contribution in [3.63, 3.8) is 0 Å². The highest BCUT2D eigenvalue weighted by Gasteiger charge is 2.29. The smallest absolute Gasteiger partial charge is 0.261 e. The van der Waals surface area contributed by atoms with Crippen LogP contribution in [0.15, 0.2) is 36.4 Å². The van der Waals surface area contributed by atoms with E-state index in [0.717, 1.165) is 24.0 Å². The minimum Gasteiger partial charge on any atom is -0.507 e. The summed E-state index contributed by atoms with van der Waals surface area (Å²) in [6.07, 6.45) is 9.72. The molecule has 0 unspecified atom stereocenters. The largest absolute Gasteiger partial charge is 0.507 e. The lowest BCUT2D eigenvalue weighted by atomic mass is 9.90. The van der Waals surface area contributed by atoms with Crippen molar-refractivity contribution >= 4 is 17.5 Å². The molecule has 0 spiro atoms. The van der Waals surface area contributed by atoms with Gasteiger partial charge in [0, 0.05) is 43.0 Å². The Bertz CT molecular complexity index is 1200. The summed E-state index contributed by atoms with van der Waals surface area (Å²) in [6.45, 7) is 3.67. The second-order valence-electron chi connectivity index (χ2n) is 10.7. The van der Waals surface area contributed by atoms with Crippen LogP contribution in [0.4, 0.5) is 5.69 Å². The maximum atomic E-state index is 13.7. The van der Waals surface area contributed by atoms with Crippen molar-refractivity contribution in [2.45, 2.75) is 52.0 Å². The predicted octanol–water partition coefficient (Wildman–Crippen LogP) is 4.62. The Morgan fingerprint density at radius 3 is 2.61 bits per heavy atom. The lowest BCUT2D eigenvalue weighted by Gasteiger charge is -2.30. The molecule has 2 aromatic carbocycles. The van der Waals surface area contributed by atoms with Crippen LogP contribution in [0.3, 0.4) is 0 Å². The first-order valence-electron chi connectivity index (χ1n) is 13.4.